The number of hydrogen-bond acceptors (Lipinski definition) is 5. The first-order chi connectivity index (χ1) is 13.1. The number of benzene rings is 2. The van der Waals surface area contributed by atoms with Gasteiger partial charge in [0.1, 0.15) is 5.82 Å². The second kappa shape index (κ2) is 7.28. The molecule has 0 saturated carbocycles. The average Bonchev–Trinajstić information content (AvgIpc) is 3.10. The molecule has 0 bridgehead atoms. The lowest BCUT2D eigenvalue weighted by atomic mass is 9.99. The average molecular weight is 380 g/mol. The zero-order chi connectivity index (χ0) is 18.8. The van der Waals surface area contributed by atoms with E-state index in [1.54, 1.807) is 6.07 Å². The Kier molecular flexibility index (Phi) is 4.68. The number of aromatic nitrogens is 3. The molecule has 1 atom stereocenters. The highest BCUT2D eigenvalue weighted by Gasteiger charge is 2.17. The Hall–Kier alpha value is -3.06. The van der Waals surface area contributed by atoms with E-state index in [2.05, 4.69) is 15.4 Å². The van der Waals surface area contributed by atoms with Gasteiger partial charge in [0, 0.05) is 11.8 Å². The summed E-state index contributed by atoms with van der Waals surface area (Å²) >= 11 is 1.30. The summed E-state index contributed by atoms with van der Waals surface area (Å²) in [5, 5.41) is 8.24. The second-order valence-corrected chi connectivity index (χ2v) is 7.04. The maximum Gasteiger partial charge on any atom is 0.275 e. The number of hydrogen-bond donors (Lipinski definition) is 1. The first-order valence-electron chi connectivity index (χ1n) is 8.61. The van der Waals surface area contributed by atoms with Crippen molar-refractivity contribution < 1.29 is 4.39 Å². The summed E-state index contributed by atoms with van der Waals surface area (Å²) < 4.78 is 15.1. The Morgan fingerprint density at radius 3 is 2.63 bits per heavy atom. The fourth-order valence-electron chi connectivity index (χ4n) is 2.91. The summed E-state index contributed by atoms with van der Waals surface area (Å²) in [6, 6.07) is 17.4. The fraction of sp³-hybridized carbons (Fsp3) is 0.150. The highest BCUT2D eigenvalue weighted by molar-refractivity contribution is 7.20. The van der Waals surface area contributed by atoms with Crippen LogP contribution in [0, 0.1) is 5.82 Å². The second-order valence-electron chi connectivity index (χ2n) is 6.08. The Morgan fingerprint density at radius 1 is 1.11 bits per heavy atom. The van der Waals surface area contributed by atoms with Gasteiger partial charge in [-0.2, -0.15) is 4.52 Å². The first-order valence-corrected chi connectivity index (χ1v) is 9.42. The number of halogens is 1. The van der Waals surface area contributed by atoms with Crippen molar-refractivity contribution >= 4 is 21.4 Å². The molecule has 4 aromatic rings. The van der Waals surface area contributed by atoms with Gasteiger partial charge in [0.25, 0.3) is 5.56 Å². The summed E-state index contributed by atoms with van der Waals surface area (Å²) in [5.41, 5.74) is 2.27. The molecule has 136 valence electrons. The van der Waals surface area contributed by atoms with Gasteiger partial charge in [-0.05, 0) is 29.7 Å². The van der Waals surface area contributed by atoms with Crippen molar-refractivity contribution in [1.82, 2.24) is 14.6 Å². The van der Waals surface area contributed by atoms with Crippen molar-refractivity contribution in [2.75, 3.05) is 5.32 Å². The summed E-state index contributed by atoms with van der Waals surface area (Å²) in [4.78, 5) is 17.2. The van der Waals surface area contributed by atoms with E-state index in [0.29, 0.717) is 16.5 Å². The summed E-state index contributed by atoms with van der Waals surface area (Å²) in [5.74, 6) is -0.301. The molecule has 0 aliphatic rings. The number of nitrogens with zero attached hydrogens (tertiary/aromatic N) is 3. The summed E-state index contributed by atoms with van der Waals surface area (Å²) in [6.07, 6.45) is 0.683. The van der Waals surface area contributed by atoms with E-state index in [1.807, 2.05) is 43.3 Å². The Bertz CT molecular complexity index is 1140. The normalized spacial score (nSPS) is 12.2. The van der Waals surface area contributed by atoms with Crippen molar-refractivity contribution in [3.8, 4) is 0 Å². The minimum atomic E-state index is -0.302. The van der Waals surface area contributed by atoms with Crippen molar-refractivity contribution in [2.24, 2.45) is 0 Å². The number of rotatable bonds is 5. The van der Waals surface area contributed by atoms with Crippen molar-refractivity contribution in [1.29, 1.82) is 0 Å². The molecule has 7 heteroatoms. The lowest BCUT2D eigenvalue weighted by Gasteiger charge is -2.19. The van der Waals surface area contributed by atoms with Gasteiger partial charge in [0.15, 0.2) is 0 Å². The quantitative estimate of drug-likeness (QED) is 0.567. The van der Waals surface area contributed by atoms with E-state index in [4.69, 9.17) is 0 Å². The molecular formula is C20H17FN4OS. The highest BCUT2D eigenvalue weighted by Crippen LogP contribution is 2.29. The van der Waals surface area contributed by atoms with E-state index >= 15 is 0 Å². The minimum Gasteiger partial charge on any atom is -0.349 e. The number of nitrogens with one attached hydrogen (secondary N) is 1. The summed E-state index contributed by atoms with van der Waals surface area (Å²) in [7, 11) is 0. The molecule has 2 heterocycles. The molecule has 1 unspecified atom stereocenters. The molecule has 0 aliphatic heterocycles. The van der Waals surface area contributed by atoms with Gasteiger partial charge in [-0.25, -0.2) is 9.37 Å². The summed E-state index contributed by atoms with van der Waals surface area (Å²) in [6.45, 7) is 1.95. The molecule has 0 spiro atoms. The van der Waals surface area contributed by atoms with E-state index < -0.39 is 0 Å². The third-order valence-electron chi connectivity index (χ3n) is 4.24. The number of fused-ring (bicyclic) bond motifs is 1. The zero-order valence-electron chi connectivity index (χ0n) is 14.6. The van der Waals surface area contributed by atoms with Crippen LogP contribution in [0.15, 0.2) is 65.5 Å². The van der Waals surface area contributed by atoms with Crippen LogP contribution in [-0.4, -0.2) is 14.6 Å². The van der Waals surface area contributed by atoms with Crippen LogP contribution in [0.2, 0.25) is 0 Å². The van der Waals surface area contributed by atoms with Gasteiger partial charge in [0.05, 0.1) is 6.04 Å². The maximum atomic E-state index is 13.8. The Morgan fingerprint density at radius 2 is 1.89 bits per heavy atom. The van der Waals surface area contributed by atoms with Gasteiger partial charge in [-0.1, -0.05) is 60.7 Å². The predicted octanol–water partition coefficient (Wildman–Crippen LogP) is 4.05. The van der Waals surface area contributed by atoms with E-state index in [0.717, 1.165) is 16.8 Å². The van der Waals surface area contributed by atoms with Crippen LogP contribution in [0.25, 0.3) is 4.96 Å². The molecule has 0 radical (unpaired) electrons. The third-order valence-corrected chi connectivity index (χ3v) is 5.08. The zero-order valence-corrected chi connectivity index (χ0v) is 15.4. The first kappa shape index (κ1) is 17.4. The van der Waals surface area contributed by atoms with Crippen LogP contribution < -0.4 is 10.9 Å². The van der Waals surface area contributed by atoms with Gasteiger partial charge >= 0.3 is 0 Å². The SMILES string of the molecule is CCc1cc(=O)n2nc(NC(c3ccccc3)c3cccc(F)c3)sc2n1. The van der Waals surface area contributed by atoms with Crippen LogP contribution in [0.3, 0.4) is 0 Å². The lowest BCUT2D eigenvalue weighted by molar-refractivity contribution is 0.624. The number of aryl methyl sites for hydroxylation is 1. The Labute approximate surface area is 159 Å². The lowest BCUT2D eigenvalue weighted by Crippen LogP contribution is -2.16. The predicted molar refractivity (Wildman–Crippen MR) is 105 cm³/mol. The largest absolute Gasteiger partial charge is 0.349 e. The molecule has 1 N–H and O–H groups in total. The maximum absolute atomic E-state index is 13.8. The van der Waals surface area contributed by atoms with Crippen LogP contribution in [0.1, 0.15) is 29.8 Å². The van der Waals surface area contributed by atoms with Gasteiger partial charge < -0.3 is 5.32 Å². The molecule has 2 aromatic carbocycles. The molecule has 5 nitrogen and oxygen atoms in total. The number of anilines is 1. The Balaban J connectivity index is 1.77. The van der Waals surface area contributed by atoms with E-state index in [9.17, 15) is 9.18 Å². The van der Waals surface area contributed by atoms with Gasteiger partial charge in [-0.15, -0.1) is 5.10 Å². The van der Waals surface area contributed by atoms with E-state index in [-0.39, 0.29) is 17.4 Å². The monoisotopic (exact) mass is 380 g/mol. The van der Waals surface area contributed by atoms with Crippen molar-refractivity contribution in [2.45, 2.75) is 19.4 Å². The molecule has 0 aliphatic carbocycles. The van der Waals surface area contributed by atoms with E-state index in [1.165, 1.54) is 34.1 Å². The molecule has 27 heavy (non-hydrogen) atoms. The van der Waals surface area contributed by atoms with Gasteiger partial charge in [-0.3, -0.25) is 4.79 Å². The standard InChI is InChI=1S/C20H17FN4OS/c1-2-16-12-17(26)25-20(22-16)27-19(24-25)23-18(13-7-4-3-5-8-13)14-9-6-10-15(21)11-14/h3-12,18H,2H2,1H3,(H,23,24). The smallest absolute Gasteiger partial charge is 0.275 e. The van der Waals surface area contributed by atoms with Crippen LogP contribution >= 0.6 is 11.3 Å². The molecular weight excluding hydrogens is 363 g/mol. The van der Waals surface area contributed by atoms with Crippen LogP contribution in [-0.2, 0) is 6.42 Å². The van der Waals surface area contributed by atoms with Crippen molar-refractivity contribution in [3.05, 3.63) is 93.7 Å². The van der Waals surface area contributed by atoms with Crippen LogP contribution in [0.4, 0.5) is 9.52 Å². The minimum absolute atomic E-state index is 0.205. The topological polar surface area (TPSA) is 59.3 Å². The fourth-order valence-corrected chi connectivity index (χ4v) is 3.76. The molecule has 0 saturated heterocycles. The molecule has 0 fully saturated rings. The molecule has 2 aromatic heterocycles. The molecule has 0 amide bonds. The highest BCUT2D eigenvalue weighted by atomic mass is 32.1. The van der Waals surface area contributed by atoms with Crippen LogP contribution in [0.5, 0.6) is 0 Å². The molecule has 4 rings (SSSR count). The third kappa shape index (κ3) is 3.59. The van der Waals surface area contributed by atoms with Gasteiger partial charge in [0.2, 0.25) is 10.1 Å². The van der Waals surface area contributed by atoms with Crippen molar-refractivity contribution in [3.63, 3.8) is 0 Å².